The lowest BCUT2D eigenvalue weighted by Crippen LogP contribution is -2.57. The molecule has 2 unspecified atom stereocenters. The number of halogens is 2. The van der Waals surface area contributed by atoms with E-state index in [1.807, 2.05) is 4.90 Å². The van der Waals surface area contributed by atoms with Gasteiger partial charge in [0.25, 0.3) is 0 Å². The maximum absolute atomic E-state index is 13.9. The van der Waals surface area contributed by atoms with Gasteiger partial charge in [0.2, 0.25) is 0 Å². The van der Waals surface area contributed by atoms with E-state index >= 15 is 0 Å². The fraction of sp³-hybridized carbons (Fsp3) is 0.571. The monoisotopic (exact) mass is 254 g/mol. The smallest absolute Gasteiger partial charge is 0.182 e. The highest BCUT2D eigenvalue weighted by atomic mass is 19.2. The topological polar surface area (TPSA) is 15.3 Å². The number of nitrogens with zero attached hydrogens (tertiary/aromatic N) is 1. The molecule has 18 heavy (non-hydrogen) atoms. The van der Waals surface area contributed by atoms with Crippen LogP contribution in [0.2, 0.25) is 0 Å². The fourth-order valence-corrected chi connectivity index (χ4v) is 2.51. The van der Waals surface area contributed by atoms with Gasteiger partial charge in [-0.25, -0.2) is 8.78 Å². The molecule has 1 aromatic carbocycles. The lowest BCUT2D eigenvalue weighted by Gasteiger charge is -2.43. The SMILES string of the molecule is CC1CN(c2cccc(F)c2F)C(C(C)C)CN1. The number of rotatable bonds is 2. The van der Waals surface area contributed by atoms with Gasteiger partial charge in [-0.15, -0.1) is 0 Å². The Morgan fingerprint density at radius 1 is 1.33 bits per heavy atom. The Kier molecular flexibility index (Phi) is 3.85. The summed E-state index contributed by atoms with van der Waals surface area (Å²) >= 11 is 0. The van der Waals surface area contributed by atoms with E-state index in [2.05, 4.69) is 26.1 Å². The molecule has 0 amide bonds. The van der Waals surface area contributed by atoms with Crippen molar-refractivity contribution in [2.45, 2.75) is 32.9 Å². The predicted octanol–water partition coefficient (Wildman–Crippen LogP) is 2.79. The maximum Gasteiger partial charge on any atom is 0.182 e. The molecule has 0 saturated carbocycles. The van der Waals surface area contributed by atoms with Crippen molar-refractivity contribution < 1.29 is 8.78 Å². The molecule has 0 aromatic heterocycles. The van der Waals surface area contributed by atoms with Gasteiger partial charge in [0, 0.05) is 25.2 Å². The van der Waals surface area contributed by atoms with E-state index in [9.17, 15) is 8.78 Å². The number of hydrogen-bond donors (Lipinski definition) is 1. The Balaban J connectivity index is 2.35. The van der Waals surface area contributed by atoms with E-state index in [-0.39, 0.29) is 12.1 Å². The van der Waals surface area contributed by atoms with Gasteiger partial charge < -0.3 is 10.2 Å². The molecule has 1 N–H and O–H groups in total. The molecule has 0 spiro atoms. The van der Waals surface area contributed by atoms with Crippen LogP contribution in [-0.2, 0) is 0 Å². The largest absolute Gasteiger partial charge is 0.363 e. The van der Waals surface area contributed by atoms with Crippen molar-refractivity contribution in [1.29, 1.82) is 0 Å². The van der Waals surface area contributed by atoms with Crippen molar-refractivity contribution in [2.75, 3.05) is 18.0 Å². The average molecular weight is 254 g/mol. The Labute approximate surface area is 107 Å². The van der Waals surface area contributed by atoms with Crippen LogP contribution in [0.1, 0.15) is 20.8 Å². The van der Waals surface area contributed by atoms with Gasteiger partial charge in [0.15, 0.2) is 11.6 Å². The van der Waals surface area contributed by atoms with Crippen LogP contribution in [0.4, 0.5) is 14.5 Å². The minimum Gasteiger partial charge on any atom is -0.363 e. The van der Waals surface area contributed by atoms with Crippen molar-refractivity contribution in [1.82, 2.24) is 5.32 Å². The van der Waals surface area contributed by atoms with Crippen LogP contribution >= 0.6 is 0 Å². The summed E-state index contributed by atoms with van der Waals surface area (Å²) in [6.45, 7) is 7.76. The van der Waals surface area contributed by atoms with Gasteiger partial charge in [-0.2, -0.15) is 0 Å². The molecule has 4 heteroatoms. The second-order valence-electron chi connectivity index (χ2n) is 5.35. The Morgan fingerprint density at radius 2 is 2.06 bits per heavy atom. The third kappa shape index (κ3) is 2.48. The number of piperazine rings is 1. The lowest BCUT2D eigenvalue weighted by molar-refractivity contribution is 0.344. The van der Waals surface area contributed by atoms with Crippen LogP contribution in [0.3, 0.4) is 0 Å². The molecular weight excluding hydrogens is 234 g/mol. The first kappa shape index (κ1) is 13.3. The van der Waals surface area contributed by atoms with Gasteiger partial charge in [-0.3, -0.25) is 0 Å². The Hall–Kier alpha value is -1.16. The minimum atomic E-state index is -0.777. The van der Waals surface area contributed by atoms with Gasteiger partial charge in [0.1, 0.15) is 0 Å². The highest BCUT2D eigenvalue weighted by Crippen LogP contribution is 2.27. The number of anilines is 1. The first-order valence-corrected chi connectivity index (χ1v) is 6.44. The summed E-state index contributed by atoms with van der Waals surface area (Å²) in [4.78, 5) is 1.99. The molecule has 2 nitrogen and oxygen atoms in total. The quantitative estimate of drug-likeness (QED) is 0.873. The second kappa shape index (κ2) is 5.22. The second-order valence-corrected chi connectivity index (χ2v) is 5.35. The van der Waals surface area contributed by atoms with Crippen LogP contribution in [-0.4, -0.2) is 25.2 Å². The third-order valence-electron chi connectivity index (χ3n) is 3.56. The zero-order chi connectivity index (χ0) is 13.3. The molecule has 100 valence electrons. The summed E-state index contributed by atoms with van der Waals surface area (Å²) < 4.78 is 27.3. The fourth-order valence-electron chi connectivity index (χ4n) is 2.51. The zero-order valence-electron chi connectivity index (χ0n) is 11.1. The summed E-state index contributed by atoms with van der Waals surface area (Å²) in [7, 11) is 0. The van der Waals surface area contributed by atoms with E-state index in [1.165, 1.54) is 0 Å². The molecule has 0 aliphatic carbocycles. The predicted molar refractivity (Wildman–Crippen MR) is 69.8 cm³/mol. The Morgan fingerprint density at radius 3 is 2.72 bits per heavy atom. The first-order chi connectivity index (χ1) is 8.50. The lowest BCUT2D eigenvalue weighted by atomic mass is 9.98. The van der Waals surface area contributed by atoms with E-state index in [0.717, 1.165) is 12.6 Å². The molecule has 1 aliphatic heterocycles. The highest BCUT2D eigenvalue weighted by Gasteiger charge is 2.30. The normalized spacial score (nSPS) is 24.7. The number of benzene rings is 1. The van der Waals surface area contributed by atoms with Crippen molar-refractivity contribution in [3.63, 3.8) is 0 Å². The van der Waals surface area contributed by atoms with Gasteiger partial charge >= 0.3 is 0 Å². The number of hydrogen-bond acceptors (Lipinski definition) is 2. The van der Waals surface area contributed by atoms with Crippen LogP contribution in [0.5, 0.6) is 0 Å². The maximum atomic E-state index is 13.9. The van der Waals surface area contributed by atoms with Crippen molar-refractivity contribution in [3.05, 3.63) is 29.8 Å². The Bertz CT molecular complexity index is 420. The zero-order valence-corrected chi connectivity index (χ0v) is 11.1. The number of nitrogens with one attached hydrogen (secondary N) is 1. The summed E-state index contributed by atoms with van der Waals surface area (Å²) in [5, 5.41) is 3.39. The van der Waals surface area contributed by atoms with Crippen LogP contribution < -0.4 is 10.2 Å². The summed E-state index contributed by atoms with van der Waals surface area (Å²) in [5.74, 6) is -1.13. The molecule has 1 aromatic rings. The van der Waals surface area contributed by atoms with Gasteiger partial charge in [0.05, 0.1) is 5.69 Å². The van der Waals surface area contributed by atoms with Crippen LogP contribution in [0.15, 0.2) is 18.2 Å². The molecule has 1 fully saturated rings. The van der Waals surface area contributed by atoms with E-state index in [4.69, 9.17) is 0 Å². The van der Waals surface area contributed by atoms with E-state index < -0.39 is 11.6 Å². The molecule has 2 rings (SSSR count). The van der Waals surface area contributed by atoms with Crippen molar-refractivity contribution in [3.8, 4) is 0 Å². The molecule has 1 aliphatic rings. The van der Waals surface area contributed by atoms with E-state index in [0.29, 0.717) is 18.2 Å². The molecule has 1 heterocycles. The summed E-state index contributed by atoms with van der Waals surface area (Å²) in [6, 6.07) is 4.86. The molecule has 1 saturated heterocycles. The summed E-state index contributed by atoms with van der Waals surface area (Å²) in [6.07, 6.45) is 0. The highest BCUT2D eigenvalue weighted by molar-refractivity contribution is 5.50. The van der Waals surface area contributed by atoms with Crippen molar-refractivity contribution >= 4 is 5.69 Å². The molecule has 2 atom stereocenters. The molecule has 0 radical (unpaired) electrons. The first-order valence-electron chi connectivity index (χ1n) is 6.44. The average Bonchev–Trinajstić information content (AvgIpc) is 2.32. The minimum absolute atomic E-state index is 0.192. The summed E-state index contributed by atoms with van der Waals surface area (Å²) in [5.41, 5.74) is 0.377. The standard InChI is InChI=1S/C14H20F2N2/c1-9(2)13-7-17-10(3)8-18(13)12-6-4-5-11(15)14(12)16/h4-6,9-10,13,17H,7-8H2,1-3H3. The van der Waals surface area contributed by atoms with Crippen molar-refractivity contribution in [2.24, 2.45) is 5.92 Å². The van der Waals surface area contributed by atoms with E-state index in [1.54, 1.807) is 12.1 Å². The van der Waals surface area contributed by atoms with Crippen LogP contribution in [0, 0.1) is 17.6 Å². The van der Waals surface area contributed by atoms with Gasteiger partial charge in [-0.1, -0.05) is 19.9 Å². The van der Waals surface area contributed by atoms with Gasteiger partial charge in [-0.05, 0) is 25.0 Å². The molecular formula is C14H20F2N2. The van der Waals surface area contributed by atoms with Crippen LogP contribution in [0.25, 0.3) is 0 Å². The third-order valence-corrected chi connectivity index (χ3v) is 3.56. The molecule has 0 bridgehead atoms.